The van der Waals surface area contributed by atoms with Crippen molar-refractivity contribution < 1.29 is 9.59 Å². The van der Waals surface area contributed by atoms with Gasteiger partial charge >= 0.3 is 0 Å². The molecule has 1 unspecified atom stereocenters. The van der Waals surface area contributed by atoms with Crippen LogP contribution in [-0.4, -0.2) is 28.4 Å². The van der Waals surface area contributed by atoms with Gasteiger partial charge in [-0.2, -0.15) is 5.26 Å². The van der Waals surface area contributed by atoms with Gasteiger partial charge < -0.3 is 15.2 Å². The van der Waals surface area contributed by atoms with Gasteiger partial charge in [-0.3, -0.25) is 9.59 Å². The van der Waals surface area contributed by atoms with Crippen molar-refractivity contribution in [3.8, 4) is 6.07 Å². The molecular formula is C17H23N5O2. The van der Waals surface area contributed by atoms with E-state index in [0.29, 0.717) is 25.9 Å². The minimum Gasteiger partial charge on any atom is -0.359 e. The molecule has 1 saturated carbocycles. The smallest absolute Gasteiger partial charge is 0.240 e. The van der Waals surface area contributed by atoms with Crippen LogP contribution in [0.2, 0.25) is 0 Å². The largest absolute Gasteiger partial charge is 0.359 e. The number of aromatic nitrogens is 2. The molecule has 1 aliphatic heterocycles. The molecule has 2 N–H and O–H groups in total. The van der Waals surface area contributed by atoms with Crippen molar-refractivity contribution in [3.05, 3.63) is 17.7 Å². The lowest BCUT2D eigenvalue weighted by Crippen LogP contribution is -2.39. The van der Waals surface area contributed by atoms with Crippen molar-refractivity contribution in [2.24, 2.45) is 11.3 Å². The van der Waals surface area contributed by atoms with Crippen LogP contribution in [0.15, 0.2) is 6.20 Å². The molecule has 24 heavy (non-hydrogen) atoms. The molecule has 0 bridgehead atoms. The van der Waals surface area contributed by atoms with Gasteiger partial charge in [-0.05, 0) is 19.3 Å². The summed E-state index contributed by atoms with van der Waals surface area (Å²) in [7, 11) is 1.65. The van der Waals surface area contributed by atoms with E-state index in [-0.39, 0.29) is 17.7 Å². The number of nitrogens with zero attached hydrogens (tertiary/aromatic N) is 3. The Morgan fingerprint density at radius 1 is 1.46 bits per heavy atom. The van der Waals surface area contributed by atoms with Crippen LogP contribution in [0.3, 0.4) is 0 Å². The van der Waals surface area contributed by atoms with Crippen molar-refractivity contribution >= 4 is 11.8 Å². The van der Waals surface area contributed by atoms with Gasteiger partial charge in [0.2, 0.25) is 11.8 Å². The summed E-state index contributed by atoms with van der Waals surface area (Å²) in [6.45, 7) is 0.930. The minimum atomic E-state index is -0.866. The second-order valence-corrected chi connectivity index (χ2v) is 6.71. The molecule has 1 aliphatic carbocycles. The van der Waals surface area contributed by atoms with E-state index in [1.807, 2.05) is 4.57 Å². The van der Waals surface area contributed by atoms with E-state index in [4.69, 9.17) is 0 Å². The van der Waals surface area contributed by atoms with Gasteiger partial charge in [0, 0.05) is 20.0 Å². The van der Waals surface area contributed by atoms with Crippen LogP contribution in [-0.2, 0) is 29.1 Å². The Balaban J connectivity index is 1.67. The van der Waals surface area contributed by atoms with Crippen LogP contribution < -0.4 is 10.6 Å². The van der Waals surface area contributed by atoms with Gasteiger partial charge in [0.1, 0.15) is 11.2 Å². The Labute approximate surface area is 141 Å². The zero-order valence-electron chi connectivity index (χ0n) is 14.0. The summed E-state index contributed by atoms with van der Waals surface area (Å²) in [6.07, 6.45) is 6.44. The lowest BCUT2D eigenvalue weighted by molar-refractivity contribution is -0.128. The normalized spacial score (nSPS) is 21.6. The number of fused-ring (bicyclic) bond motifs is 1. The molecule has 7 heteroatoms. The van der Waals surface area contributed by atoms with Crippen molar-refractivity contribution in [1.29, 1.82) is 5.26 Å². The van der Waals surface area contributed by atoms with E-state index < -0.39 is 5.41 Å². The monoisotopic (exact) mass is 329 g/mol. The Morgan fingerprint density at radius 2 is 2.21 bits per heavy atom. The highest BCUT2D eigenvalue weighted by Crippen LogP contribution is 2.37. The molecule has 128 valence electrons. The van der Waals surface area contributed by atoms with E-state index in [0.717, 1.165) is 37.2 Å². The van der Waals surface area contributed by atoms with Crippen LogP contribution in [0.1, 0.15) is 43.6 Å². The number of hydrogen-bond donors (Lipinski definition) is 2. The molecule has 2 aliphatic rings. The maximum Gasteiger partial charge on any atom is 0.240 e. The van der Waals surface area contributed by atoms with Crippen LogP contribution in [0.5, 0.6) is 0 Å². The van der Waals surface area contributed by atoms with E-state index in [1.165, 1.54) is 0 Å². The lowest BCUT2D eigenvalue weighted by Gasteiger charge is -2.24. The summed E-state index contributed by atoms with van der Waals surface area (Å²) in [5, 5.41) is 15.0. The zero-order valence-corrected chi connectivity index (χ0v) is 14.0. The third kappa shape index (κ3) is 2.88. The molecule has 0 aromatic carbocycles. The number of hydrogen-bond acceptors (Lipinski definition) is 4. The highest BCUT2D eigenvalue weighted by Gasteiger charge is 2.41. The quantitative estimate of drug-likeness (QED) is 0.857. The van der Waals surface area contributed by atoms with Crippen molar-refractivity contribution in [2.45, 2.75) is 51.6 Å². The highest BCUT2D eigenvalue weighted by atomic mass is 16.2. The van der Waals surface area contributed by atoms with Gasteiger partial charge in [0.25, 0.3) is 0 Å². The summed E-state index contributed by atoms with van der Waals surface area (Å²) in [4.78, 5) is 28.7. The first-order valence-corrected chi connectivity index (χ1v) is 8.54. The van der Waals surface area contributed by atoms with Crippen molar-refractivity contribution in [3.63, 3.8) is 0 Å². The van der Waals surface area contributed by atoms with Gasteiger partial charge in [-0.25, -0.2) is 4.98 Å². The SMILES string of the molecule is CNC(=O)C1CCc2ncc(CNC(=O)C3(C#N)CCCC3)n2C1. The fourth-order valence-corrected chi connectivity index (χ4v) is 3.76. The molecule has 1 aromatic heterocycles. The summed E-state index contributed by atoms with van der Waals surface area (Å²) in [6, 6.07) is 2.21. The second-order valence-electron chi connectivity index (χ2n) is 6.71. The summed E-state index contributed by atoms with van der Waals surface area (Å²) in [5.41, 5.74) is 0.0214. The number of imidazole rings is 1. The lowest BCUT2D eigenvalue weighted by atomic mass is 9.87. The second kappa shape index (κ2) is 6.63. The van der Waals surface area contributed by atoms with Crippen LogP contribution in [0.25, 0.3) is 0 Å². The number of nitriles is 1. The topological polar surface area (TPSA) is 99.8 Å². The van der Waals surface area contributed by atoms with E-state index in [1.54, 1.807) is 13.2 Å². The number of amides is 2. The van der Waals surface area contributed by atoms with Crippen LogP contribution in [0.4, 0.5) is 0 Å². The van der Waals surface area contributed by atoms with Gasteiger partial charge in [0.05, 0.1) is 30.4 Å². The molecule has 0 spiro atoms. The molecule has 0 radical (unpaired) electrons. The first-order chi connectivity index (χ1) is 11.6. The number of carbonyl (C=O) groups is 2. The molecule has 2 heterocycles. The number of rotatable bonds is 4. The zero-order chi connectivity index (χ0) is 17.2. The van der Waals surface area contributed by atoms with E-state index in [9.17, 15) is 14.9 Å². The molecule has 0 saturated heterocycles. The molecule has 1 fully saturated rings. The maximum atomic E-state index is 12.5. The Kier molecular flexibility index (Phi) is 4.56. The standard InChI is InChI=1S/C17H23N5O2/c1-19-15(23)12-4-5-14-20-8-13(22(14)10-12)9-21-16(24)17(11-18)6-2-3-7-17/h8,12H,2-7,9-10H2,1H3,(H,19,23)(H,21,24). The Hall–Kier alpha value is -2.36. The van der Waals surface area contributed by atoms with E-state index >= 15 is 0 Å². The van der Waals surface area contributed by atoms with Crippen LogP contribution >= 0.6 is 0 Å². The molecule has 2 amide bonds. The first kappa shape index (κ1) is 16.5. The predicted molar refractivity (Wildman–Crippen MR) is 86.5 cm³/mol. The van der Waals surface area contributed by atoms with Crippen molar-refractivity contribution in [1.82, 2.24) is 20.2 Å². The third-order valence-electron chi connectivity index (χ3n) is 5.29. The maximum absolute atomic E-state index is 12.5. The number of nitrogens with one attached hydrogen (secondary N) is 2. The highest BCUT2D eigenvalue weighted by molar-refractivity contribution is 5.85. The molecule has 1 atom stereocenters. The Bertz CT molecular complexity index is 682. The Morgan fingerprint density at radius 3 is 2.88 bits per heavy atom. The third-order valence-corrected chi connectivity index (χ3v) is 5.29. The number of carbonyl (C=O) groups excluding carboxylic acids is 2. The fourth-order valence-electron chi connectivity index (χ4n) is 3.76. The average Bonchev–Trinajstić information content (AvgIpc) is 3.26. The van der Waals surface area contributed by atoms with Crippen molar-refractivity contribution in [2.75, 3.05) is 7.05 Å². The summed E-state index contributed by atoms with van der Waals surface area (Å²) >= 11 is 0. The summed E-state index contributed by atoms with van der Waals surface area (Å²) < 4.78 is 2.03. The van der Waals surface area contributed by atoms with Gasteiger partial charge in [-0.1, -0.05) is 12.8 Å². The van der Waals surface area contributed by atoms with E-state index in [2.05, 4.69) is 21.7 Å². The molecule has 3 rings (SSSR count). The van der Waals surface area contributed by atoms with Gasteiger partial charge in [-0.15, -0.1) is 0 Å². The number of aryl methyl sites for hydroxylation is 1. The molecule has 1 aromatic rings. The van der Waals surface area contributed by atoms with Gasteiger partial charge in [0.15, 0.2) is 0 Å². The van der Waals surface area contributed by atoms with Crippen LogP contribution in [0, 0.1) is 22.7 Å². The minimum absolute atomic E-state index is 0.0405. The first-order valence-electron chi connectivity index (χ1n) is 8.54. The average molecular weight is 329 g/mol. The predicted octanol–water partition coefficient (Wildman–Crippen LogP) is 0.892. The summed E-state index contributed by atoms with van der Waals surface area (Å²) in [5.74, 6) is 0.747. The molecule has 7 nitrogen and oxygen atoms in total. The molecular weight excluding hydrogens is 306 g/mol. The fraction of sp³-hybridized carbons (Fsp3) is 0.647.